The highest BCUT2D eigenvalue weighted by atomic mass is 32.2. The molecule has 46 heavy (non-hydrogen) atoms. The highest BCUT2D eigenvalue weighted by Crippen LogP contribution is 2.49. The molecule has 0 spiro atoms. The molecule has 0 aliphatic carbocycles. The molecule has 3 atom stereocenters. The number of piperazine rings is 1. The number of sulfonamides is 1. The second-order valence-electron chi connectivity index (χ2n) is 11.3. The standard InChI is InChI=1S/C25H28F6N6O7S2/c26-24(27,28)23(39,25(29,30)31)14-8-32-22(33-9-14)35-4-3-34(46(42,43)21-7-15(37(40)41)1-2-20(21)45)10-18(35)11-36-16-5-19(38)6-17(36)13-44-12-16/h1-2,7-9,16-19,38-39,45H,3-6,10-13H2/t16?,17?,18-,19?/m1/s1. The number of halogens is 6. The average Bonchev–Trinajstić information content (AvgIpc) is 2.96. The summed E-state index contributed by atoms with van der Waals surface area (Å²) in [4.78, 5) is 21.0. The number of aliphatic hydroxyl groups is 2. The Labute approximate surface area is 263 Å². The van der Waals surface area contributed by atoms with Crippen molar-refractivity contribution in [3.8, 4) is 0 Å². The Morgan fingerprint density at radius 2 is 1.63 bits per heavy atom. The number of morpholine rings is 1. The van der Waals surface area contributed by atoms with Crippen LogP contribution < -0.4 is 4.90 Å². The first-order chi connectivity index (χ1) is 21.3. The normalized spacial score (nSPS) is 25.5. The van der Waals surface area contributed by atoms with Gasteiger partial charge < -0.3 is 19.8 Å². The smallest absolute Gasteiger partial charge is 0.393 e. The van der Waals surface area contributed by atoms with Crippen molar-refractivity contribution in [1.82, 2.24) is 19.2 Å². The Morgan fingerprint density at radius 1 is 1.04 bits per heavy atom. The molecule has 3 fully saturated rings. The lowest BCUT2D eigenvalue weighted by atomic mass is 9.91. The number of ether oxygens (including phenoxy) is 1. The summed E-state index contributed by atoms with van der Waals surface area (Å²) < 4.78 is 115. The van der Waals surface area contributed by atoms with Crippen molar-refractivity contribution < 1.29 is 54.6 Å². The van der Waals surface area contributed by atoms with Gasteiger partial charge in [-0.25, -0.2) is 18.4 Å². The van der Waals surface area contributed by atoms with Crippen LogP contribution in [0, 0.1) is 10.1 Å². The van der Waals surface area contributed by atoms with Crippen LogP contribution in [-0.4, -0.2) is 119 Å². The summed E-state index contributed by atoms with van der Waals surface area (Å²) in [5, 5.41) is 31.4. The number of anilines is 1. The summed E-state index contributed by atoms with van der Waals surface area (Å²) in [6.45, 7) is -0.0813. The second kappa shape index (κ2) is 12.3. The lowest BCUT2D eigenvalue weighted by molar-refractivity contribution is -0.385. The Hall–Kier alpha value is -2.82. The molecule has 3 aliphatic rings. The van der Waals surface area contributed by atoms with Gasteiger partial charge in [-0.3, -0.25) is 15.0 Å². The fraction of sp³-hybridized carbons (Fsp3) is 0.600. The van der Waals surface area contributed by atoms with Gasteiger partial charge in [0, 0.05) is 73.2 Å². The molecule has 3 aliphatic heterocycles. The molecule has 5 rings (SSSR count). The van der Waals surface area contributed by atoms with Gasteiger partial charge in [0.25, 0.3) is 11.3 Å². The molecule has 0 amide bonds. The number of aromatic nitrogens is 2. The molecule has 0 saturated carbocycles. The maximum atomic E-state index is 13.7. The van der Waals surface area contributed by atoms with E-state index in [2.05, 4.69) is 22.6 Å². The molecule has 21 heteroatoms. The maximum Gasteiger partial charge on any atom is 0.430 e. The number of nitrogens with zero attached hydrogens (tertiary/aromatic N) is 6. The van der Waals surface area contributed by atoms with Crippen LogP contribution in [-0.2, 0) is 20.4 Å². The van der Waals surface area contributed by atoms with Crippen LogP contribution in [0.1, 0.15) is 18.4 Å². The van der Waals surface area contributed by atoms with E-state index in [1.54, 1.807) is 0 Å². The van der Waals surface area contributed by atoms with Gasteiger partial charge in [0.2, 0.25) is 16.0 Å². The van der Waals surface area contributed by atoms with E-state index >= 15 is 0 Å². The number of rotatable bonds is 7. The molecular formula is C25H28F6N6O7S2. The van der Waals surface area contributed by atoms with Crippen molar-refractivity contribution >= 4 is 34.3 Å². The number of nitro benzene ring substituents is 1. The van der Waals surface area contributed by atoms with Gasteiger partial charge >= 0.3 is 12.4 Å². The van der Waals surface area contributed by atoms with E-state index in [1.165, 1.54) is 11.0 Å². The molecule has 13 nitrogen and oxygen atoms in total. The van der Waals surface area contributed by atoms with E-state index in [9.17, 15) is 55.1 Å². The van der Waals surface area contributed by atoms with Crippen molar-refractivity contribution in [1.29, 1.82) is 0 Å². The third-order valence-electron chi connectivity index (χ3n) is 8.42. The van der Waals surface area contributed by atoms with Crippen LogP contribution in [0.15, 0.2) is 40.4 Å². The van der Waals surface area contributed by atoms with E-state index in [0.29, 0.717) is 12.8 Å². The van der Waals surface area contributed by atoms with Crippen LogP contribution in [0.4, 0.5) is 38.0 Å². The number of hydrogen-bond acceptors (Lipinski definition) is 12. The predicted octanol–water partition coefficient (Wildman–Crippen LogP) is 2.09. The minimum atomic E-state index is -6.14. The topological polar surface area (TPSA) is 162 Å². The fourth-order valence-corrected chi connectivity index (χ4v) is 8.13. The third-order valence-corrected chi connectivity index (χ3v) is 10.9. The molecule has 1 aromatic heterocycles. The minimum Gasteiger partial charge on any atom is -0.393 e. The summed E-state index contributed by atoms with van der Waals surface area (Å²) in [6.07, 6.45) is -11.7. The summed E-state index contributed by atoms with van der Waals surface area (Å²) in [5.41, 5.74) is -7.38. The van der Waals surface area contributed by atoms with Gasteiger partial charge in [0.05, 0.1) is 30.3 Å². The Kier molecular flexibility index (Phi) is 9.25. The summed E-state index contributed by atoms with van der Waals surface area (Å²) >= 11 is 4.17. The van der Waals surface area contributed by atoms with Gasteiger partial charge in [-0.2, -0.15) is 30.6 Å². The number of alkyl halides is 6. The first-order valence-electron chi connectivity index (χ1n) is 13.8. The zero-order valence-corrected chi connectivity index (χ0v) is 25.3. The highest BCUT2D eigenvalue weighted by molar-refractivity contribution is 7.90. The zero-order valence-electron chi connectivity index (χ0n) is 23.6. The Morgan fingerprint density at radius 3 is 2.17 bits per heavy atom. The monoisotopic (exact) mass is 702 g/mol. The minimum absolute atomic E-state index is 0.0537. The number of non-ortho nitro benzene ring substituents is 1. The van der Waals surface area contributed by atoms with Gasteiger partial charge in [-0.05, 0) is 18.9 Å². The van der Waals surface area contributed by atoms with Crippen LogP contribution in [0.25, 0.3) is 0 Å². The van der Waals surface area contributed by atoms with Gasteiger partial charge in [0.1, 0.15) is 4.90 Å². The van der Waals surface area contributed by atoms with Crippen LogP contribution in [0.5, 0.6) is 0 Å². The van der Waals surface area contributed by atoms with Crippen LogP contribution in [0.3, 0.4) is 0 Å². The number of fused-ring (bicyclic) bond motifs is 2. The Bertz CT molecular complexity index is 1540. The lowest BCUT2D eigenvalue weighted by Gasteiger charge is -2.50. The first-order valence-corrected chi connectivity index (χ1v) is 15.7. The molecule has 1 aromatic carbocycles. The lowest BCUT2D eigenvalue weighted by Crippen LogP contribution is -2.64. The van der Waals surface area contributed by atoms with Crippen molar-refractivity contribution in [2.75, 3.05) is 44.3 Å². The SMILES string of the molecule is O=[N+]([O-])c1ccc(S)c(S(=O)(=O)N2CCN(c3ncc(C(O)(C(F)(F)F)C(F)(F)F)cn3)[C@@H](CN3C4COCC3CC(O)C4)C2)c1. The number of piperidine rings is 1. The molecule has 2 aromatic rings. The number of benzene rings is 1. The number of hydrogen-bond donors (Lipinski definition) is 3. The van der Waals surface area contributed by atoms with E-state index in [4.69, 9.17) is 4.74 Å². The van der Waals surface area contributed by atoms with Crippen molar-refractivity contribution in [3.63, 3.8) is 0 Å². The molecule has 2 N–H and O–H groups in total. The van der Waals surface area contributed by atoms with Crippen molar-refractivity contribution in [2.45, 2.75) is 64.8 Å². The first kappa shape index (κ1) is 34.5. The van der Waals surface area contributed by atoms with Crippen LogP contribution in [0.2, 0.25) is 0 Å². The molecule has 2 bridgehead atoms. The van der Waals surface area contributed by atoms with Crippen LogP contribution >= 0.6 is 12.6 Å². The third kappa shape index (κ3) is 6.24. The van der Waals surface area contributed by atoms with E-state index in [-0.39, 0.29) is 74.7 Å². The van der Waals surface area contributed by atoms with E-state index in [1.807, 2.05) is 4.90 Å². The van der Waals surface area contributed by atoms with Gasteiger partial charge in [0.15, 0.2) is 0 Å². The molecule has 3 saturated heterocycles. The van der Waals surface area contributed by atoms with E-state index < -0.39 is 61.2 Å². The maximum absolute atomic E-state index is 13.7. The number of thiol groups is 1. The quantitative estimate of drug-likeness (QED) is 0.168. The predicted molar refractivity (Wildman–Crippen MR) is 149 cm³/mol. The summed E-state index contributed by atoms with van der Waals surface area (Å²) in [6, 6.07) is 1.76. The zero-order chi connectivity index (χ0) is 33.8. The summed E-state index contributed by atoms with van der Waals surface area (Å²) in [7, 11) is -4.40. The molecule has 4 heterocycles. The van der Waals surface area contributed by atoms with Gasteiger partial charge in [-0.15, -0.1) is 12.6 Å². The van der Waals surface area contributed by atoms with Crippen molar-refractivity contribution in [3.05, 3.63) is 46.3 Å². The van der Waals surface area contributed by atoms with Gasteiger partial charge in [-0.1, -0.05) is 0 Å². The Balaban J connectivity index is 1.49. The van der Waals surface area contributed by atoms with Crippen molar-refractivity contribution in [2.24, 2.45) is 0 Å². The largest absolute Gasteiger partial charge is 0.430 e. The number of aliphatic hydroxyl groups excluding tert-OH is 1. The molecule has 0 radical (unpaired) electrons. The van der Waals surface area contributed by atoms with E-state index in [0.717, 1.165) is 16.4 Å². The average molecular weight is 703 g/mol. The molecule has 2 unspecified atom stereocenters. The second-order valence-corrected chi connectivity index (χ2v) is 13.7. The number of nitro groups is 1. The molecule has 254 valence electrons. The molecular weight excluding hydrogens is 674 g/mol. The highest BCUT2D eigenvalue weighted by Gasteiger charge is 2.71. The fourth-order valence-electron chi connectivity index (χ4n) is 6.07. The summed E-state index contributed by atoms with van der Waals surface area (Å²) in [5.74, 6) is -0.318.